The summed E-state index contributed by atoms with van der Waals surface area (Å²) in [5.74, 6) is -1.61. The number of carboxylic acids is 1. The van der Waals surface area contributed by atoms with Crippen LogP contribution in [-0.4, -0.2) is 11.1 Å². The van der Waals surface area contributed by atoms with Crippen molar-refractivity contribution in [2.45, 2.75) is 0 Å². The number of hydrogen-bond acceptors (Lipinski definition) is 3. The second-order valence-corrected chi connectivity index (χ2v) is 3.71. The van der Waals surface area contributed by atoms with Gasteiger partial charge in [-0.3, -0.25) is 0 Å². The van der Waals surface area contributed by atoms with Gasteiger partial charge < -0.3 is 10.8 Å². The first-order chi connectivity index (χ1) is 6.61. The Balaban J connectivity index is 2.93. The number of nitrogen functional groups attached to an aromatic ring is 1. The van der Waals surface area contributed by atoms with Gasteiger partial charge in [-0.2, -0.15) is 0 Å². The number of benzene rings is 1. The molecule has 0 saturated carbocycles. The van der Waals surface area contributed by atoms with Crippen molar-refractivity contribution in [2.75, 3.05) is 5.73 Å². The van der Waals surface area contributed by atoms with E-state index >= 15 is 0 Å². The van der Waals surface area contributed by atoms with E-state index in [9.17, 15) is 9.18 Å². The Bertz CT molecular complexity index is 521. The summed E-state index contributed by atoms with van der Waals surface area (Å²) in [6, 6.07) is 2.58. The van der Waals surface area contributed by atoms with E-state index in [1.807, 2.05) is 0 Å². The van der Waals surface area contributed by atoms with Crippen LogP contribution in [0.3, 0.4) is 0 Å². The molecule has 2 rings (SSSR count). The molecule has 3 nitrogen and oxygen atoms in total. The van der Waals surface area contributed by atoms with Crippen LogP contribution in [0, 0.1) is 5.82 Å². The molecule has 0 amide bonds. The molecule has 1 aromatic carbocycles. The summed E-state index contributed by atoms with van der Waals surface area (Å²) < 4.78 is 13.6. The van der Waals surface area contributed by atoms with E-state index in [4.69, 9.17) is 10.8 Å². The number of thiophene rings is 1. The SMILES string of the molecule is Nc1cc(F)c2ccsc2c1C(=O)O. The number of carbonyl (C=O) groups is 1. The van der Waals surface area contributed by atoms with Crippen molar-refractivity contribution in [2.24, 2.45) is 0 Å². The lowest BCUT2D eigenvalue weighted by molar-refractivity contribution is 0.0700. The molecular formula is C9H6FNO2S. The van der Waals surface area contributed by atoms with Crippen LogP contribution in [0.25, 0.3) is 10.1 Å². The predicted molar refractivity (Wildman–Crippen MR) is 53.2 cm³/mol. The summed E-state index contributed by atoms with van der Waals surface area (Å²) in [4.78, 5) is 10.8. The number of carboxylic acid groups (broad SMARTS) is 1. The molecule has 1 aromatic heterocycles. The number of fused-ring (bicyclic) bond motifs is 1. The highest BCUT2D eigenvalue weighted by molar-refractivity contribution is 7.17. The average molecular weight is 211 g/mol. The highest BCUT2D eigenvalue weighted by Crippen LogP contribution is 2.31. The van der Waals surface area contributed by atoms with Gasteiger partial charge in [0.05, 0.1) is 10.4 Å². The highest BCUT2D eigenvalue weighted by atomic mass is 32.1. The first-order valence-corrected chi connectivity index (χ1v) is 4.67. The first-order valence-electron chi connectivity index (χ1n) is 3.79. The van der Waals surface area contributed by atoms with Crippen molar-refractivity contribution in [3.8, 4) is 0 Å². The second kappa shape index (κ2) is 2.95. The van der Waals surface area contributed by atoms with Gasteiger partial charge in [0.1, 0.15) is 11.4 Å². The predicted octanol–water partition coefficient (Wildman–Crippen LogP) is 2.32. The molecular weight excluding hydrogens is 205 g/mol. The Hall–Kier alpha value is -1.62. The van der Waals surface area contributed by atoms with Crippen molar-refractivity contribution in [3.63, 3.8) is 0 Å². The Labute approximate surface area is 82.6 Å². The van der Waals surface area contributed by atoms with Crippen LogP contribution in [-0.2, 0) is 0 Å². The minimum absolute atomic E-state index is 0.0172. The van der Waals surface area contributed by atoms with Crippen molar-refractivity contribution in [1.29, 1.82) is 0 Å². The number of rotatable bonds is 1. The molecule has 2 aromatic rings. The number of halogens is 1. The van der Waals surface area contributed by atoms with Crippen LogP contribution in [0.5, 0.6) is 0 Å². The molecule has 0 radical (unpaired) electrons. The second-order valence-electron chi connectivity index (χ2n) is 2.79. The molecule has 5 heteroatoms. The normalized spacial score (nSPS) is 10.6. The van der Waals surface area contributed by atoms with Crippen LogP contribution in [0.2, 0.25) is 0 Å². The third-order valence-corrected chi connectivity index (χ3v) is 2.87. The van der Waals surface area contributed by atoms with Crippen LogP contribution >= 0.6 is 11.3 Å². The van der Waals surface area contributed by atoms with Crippen molar-refractivity contribution in [3.05, 3.63) is 28.9 Å². The third kappa shape index (κ3) is 1.13. The van der Waals surface area contributed by atoms with E-state index in [1.54, 1.807) is 11.4 Å². The van der Waals surface area contributed by atoms with Gasteiger partial charge in [-0.15, -0.1) is 11.3 Å². The zero-order chi connectivity index (χ0) is 10.3. The summed E-state index contributed by atoms with van der Waals surface area (Å²) in [5, 5.41) is 10.8. The number of nitrogens with two attached hydrogens (primary N) is 1. The minimum Gasteiger partial charge on any atom is -0.478 e. The van der Waals surface area contributed by atoms with Gasteiger partial charge >= 0.3 is 5.97 Å². The standard InChI is InChI=1S/C9H6FNO2S/c10-5-3-6(11)7(9(12)13)8-4(5)1-2-14-8/h1-3H,11H2,(H,12,13). The van der Waals surface area contributed by atoms with E-state index in [0.29, 0.717) is 10.1 Å². The quantitative estimate of drug-likeness (QED) is 0.711. The summed E-state index contributed by atoms with van der Waals surface area (Å²) in [5.41, 5.74) is 5.38. The van der Waals surface area contributed by atoms with E-state index in [2.05, 4.69) is 0 Å². The van der Waals surface area contributed by atoms with Crippen LogP contribution < -0.4 is 5.73 Å². The maximum absolute atomic E-state index is 13.3. The van der Waals surface area contributed by atoms with Gasteiger partial charge in [-0.1, -0.05) is 0 Å². The van der Waals surface area contributed by atoms with Gasteiger partial charge in [0, 0.05) is 5.39 Å². The molecule has 0 spiro atoms. The summed E-state index contributed by atoms with van der Waals surface area (Å²) in [6.07, 6.45) is 0. The van der Waals surface area contributed by atoms with Crippen LogP contribution in [0.4, 0.5) is 10.1 Å². The summed E-state index contributed by atoms with van der Waals surface area (Å²) in [6.45, 7) is 0. The zero-order valence-electron chi connectivity index (χ0n) is 6.95. The van der Waals surface area contributed by atoms with Gasteiger partial charge in [-0.25, -0.2) is 9.18 Å². The fraction of sp³-hybridized carbons (Fsp3) is 0. The average Bonchev–Trinajstić information content (AvgIpc) is 2.51. The van der Waals surface area contributed by atoms with Crippen molar-refractivity contribution < 1.29 is 14.3 Å². The molecule has 0 saturated heterocycles. The molecule has 72 valence electrons. The van der Waals surface area contributed by atoms with E-state index in [1.165, 1.54) is 11.3 Å². The summed E-state index contributed by atoms with van der Waals surface area (Å²) >= 11 is 1.17. The fourth-order valence-electron chi connectivity index (χ4n) is 1.33. The Morgan fingerprint density at radius 1 is 1.57 bits per heavy atom. The van der Waals surface area contributed by atoms with Crippen LogP contribution in [0.1, 0.15) is 10.4 Å². The van der Waals surface area contributed by atoms with Crippen molar-refractivity contribution >= 4 is 33.1 Å². The largest absolute Gasteiger partial charge is 0.478 e. The lowest BCUT2D eigenvalue weighted by Gasteiger charge is -2.02. The smallest absolute Gasteiger partial charge is 0.339 e. The Morgan fingerprint density at radius 2 is 2.29 bits per heavy atom. The lowest BCUT2D eigenvalue weighted by Crippen LogP contribution is -2.03. The van der Waals surface area contributed by atoms with Gasteiger partial charge in [0.2, 0.25) is 0 Å². The van der Waals surface area contributed by atoms with Crippen molar-refractivity contribution in [1.82, 2.24) is 0 Å². The molecule has 14 heavy (non-hydrogen) atoms. The molecule has 1 heterocycles. The molecule has 0 aliphatic rings. The van der Waals surface area contributed by atoms with E-state index in [0.717, 1.165) is 6.07 Å². The monoisotopic (exact) mass is 211 g/mol. The topological polar surface area (TPSA) is 63.3 Å². The number of aromatic carboxylic acids is 1. The van der Waals surface area contributed by atoms with Gasteiger partial charge in [-0.05, 0) is 17.5 Å². The molecule has 0 unspecified atom stereocenters. The van der Waals surface area contributed by atoms with Gasteiger partial charge in [0.15, 0.2) is 0 Å². The molecule has 0 aliphatic carbocycles. The Kier molecular flexibility index (Phi) is 1.89. The lowest BCUT2D eigenvalue weighted by atomic mass is 10.1. The number of hydrogen-bond donors (Lipinski definition) is 2. The molecule has 0 aliphatic heterocycles. The third-order valence-electron chi connectivity index (χ3n) is 1.93. The number of anilines is 1. The fourth-order valence-corrected chi connectivity index (χ4v) is 2.28. The summed E-state index contributed by atoms with van der Waals surface area (Å²) in [7, 11) is 0. The molecule has 0 bridgehead atoms. The molecule has 0 atom stereocenters. The minimum atomic E-state index is -1.13. The molecule has 3 N–H and O–H groups in total. The Morgan fingerprint density at radius 3 is 2.93 bits per heavy atom. The van der Waals surface area contributed by atoms with E-state index < -0.39 is 11.8 Å². The zero-order valence-corrected chi connectivity index (χ0v) is 7.77. The highest BCUT2D eigenvalue weighted by Gasteiger charge is 2.16. The first kappa shape index (κ1) is 8.96. The van der Waals surface area contributed by atoms with Gasteiger partial charge in [0.25, 0.3) is 0 Å². The maximum atomic E-state index is 13.3. The molecule has 0 fully saturated rings. The van der Waals surface area contributed by atoms with E-state index in [-0.39, 0.29) is 11.3 Å². The van der Waals surface area contributed by atoms with Crippen LogP contribution in [0.15, 0.2) is 17.5 Å². The maximum Gasteiger partial charge on any atom is 0.339 e.